The third kappa shape index (κ3) is 8.01. The van der Waals surface area contributed by atoms with Gasteiger partial charge in [-0.15, -0.1) is 0 Å². The highest BCUT2D eigenvalue weighted by molar-refractivity contribution is 6.35. The van der Waals surface area contributed by atoms with Crippen molar-refractivity contribution in [2.24, 2.45) is 10.9 Å². The summed E-state index contributed by atoms with van der Waals surface area (Å²) < 4.78 is 4.74. The maximum absolute atomic E-state index is 11.2. The van der Waals surface area contributed by atoms with Crippen LogP contribution in [0, 0.1) is 20.2 Å². The molecule has 0 bridgehead atoms. The Morgan fingerprint density at radius 1 is 1.07 bits per heavy atom. The molecule has 0 amide bonds. The van der Waals surface area contributed by atoms with Crippen molar-refractivity contribution in [2.45, 2.75) is 13.8 Å². The number of hydrazine groups is 1. The number of ether oxygens (including phenoxy) is 1. The minimum absolute atomic E-state index is 0.0282. The van der Waals surface area contributed by atoms with Gasteiger partial charge in [0.05, 0.1) is 27.8 Å². The van der Waals surface area contributed by atoms with Crippen molar-refractivity contribution in [1.29, 1.82) is 0 Å². The molecule has 0 aromatic heterocycles. The van der Waals surface area contributed by atoms with E-state index in [1.54, 1.807) is 25.1 Å². The van der Waals surface area contributed by atoms with Gasteiger partial charge in [0.2, 0.25) is 0 Å². The second-order valence-electron chi connectivity index (χ2n) is 5.29. The maximum atomic E-state index is 11.2. The Bertz CT molecular complexity index is 901. The van der Waals surface area contributed by atoms with E-state index in [4.69, 9.17) is 10.6 Å². The molecule has 29 heavy (non-hydrogen) atoms. The van der Waals surface area contributed by atoms with Gasteiger partial charge in [0, 0.05) is 24.3 Å². The van der Waals surface area contributed by atoms with Gasteiger partial charge in [-0.05, 0) is 26.0 Å². The summed E-state index contributed by atoms with van der Waals surface area (Å²) in [6, 6.07) is 11.8. The van der Waals surface area contributed by atoms with Crippen LogP contribution >= 0.6 is 0 Å². The molecule has 0 saturated carbocycles. The number of rotatable bonds is 7. The number of hydrogen-bond donors (Lipinski definition) is 3. The van der Waals surface area contributed by atoms with Crippen LogP contribution in [0.3, 0.4) is 0 Å². The number of anilines is 2. The lowest BCUT2D eigenvalue weighted by Gasteiger charge is -2.03. The lowest BCUT2D eigenvalue weighted by atomic mass is 10.3. The molecule has 2 rings (SSSR count). The molecule has 4 N–H and O–H groups in total. The van der Waals surface area contributed by atoms with Gasteiger partial charge in [-0.2, -0.15) is 5.10 Å². The molecule has 12 nitrogen and oxygen atoms in total. The number of nitrogen functional groups attached to an aromatic ring is 1. The summed E-state index contributed by atoms with van der Waals surface area (Å²) in [7, 11) is 0. The SMILES string of the molecule is CCOC(=O)C(C)=NNc1cccc([N+](=O)[O-])c1.NNc1cccc([N+](=O)[O-])c1. The molecule has 0 aliphatic heterocycles. The van der Waals surface area contributed by atoms with E-state index in [9.17, 15) is 25.0 Å². The molecule has 0 fully saturated rings. The highest BCUT2D eigenvalue weighted by Crippen LogP contribution is 2.17. The molecular formula is C17H20N6O6. The second kappa shape index (κ2) is 11.6. The predicted octanol–water partition coefficient (Wildman–Crippen LogP) is 2.83. The Hall–Kier alpha value is -4.06. The molecule has 0 aliphatic carbocycles. The van der Waals surface area contributed by atoms with Crippen LogP contribution in [0.4, 0.5) is 22.7 Å². The molecule has 2 aromatic rings. The summed E-state index contributed by atoms with van der Waals surface area (Å²) >= 11 is 0. The summed E-state index contributed by atoms with van der Waals surface area (Å²) in [4.78, 5) is 31.0. The average Bonchev–Trinajstić information content (AvgIpc) is 2.72. The van der Waals surface area contributed by atoms with E-state index in [0.717, 1.165) is 0 Å². The van der Waals surface area contributed by atoms with E-state index in [-0.39, 0.29) is 23.7 Å². The molecule has 0 saturated heterocycles. The lowest BCUT2D eigenvalue weighted by molar-refractivity contribution is -0.385. The number of nitro groups is 2. The highest BCUT2D eigenvalue weighted by Gasteiger charge is 2.08. The third-order valence-electron chi connectivity index (χ3n) is 3.20. The molecular weight excluding hydrogens is 384 g/mol. The zero-order valence-electron chi connectivity index (χ0n) is 15.7. The largest absolute Gasteiger partial charge is 0.461 e. The normalized spacial score (nSPS) is 10.2. The topological polar surface area (TPSA) is 175 Å². The molecule has 2 aromatic carbocycles. The van der Waals surface area contributed by atoms with Crippen LogP contribution < -0.4 is 16.7 Å². The first kappa shape index (κ1) is 23.0. The van der Waals surface area contributed by atoms with Crippen LogP contribution in [0.2, 0.25) is 0 Å². The van der Waals surface area contributed by atoms with Gasteiger partial charge in [-0.3, -0.25) is 31.5 Å². The van der Waals surface area contributed by atoms with Gasteiger partial charge >= 0.3 is 5.97 Å². The van der Waals surface area contributed by atoms with Crippen molar-refractivity contribution in [2.75, 3.05) is 17.5 Å². The molecule has 0 heterocycles. The Balaban J connectivity index is 0.000000326. The van der Waals surface area contributed by atoms with E-state index in [2.05, 4.69) is 16.0 Å². The Morgan fingerprint density at radius 2 is 1.59 bits per heavy atom. The summed E-state index contributed by atoms with van der Waals surface area (Å²) in [5.74, 6) is 4.51. The first-order valence-electron chi connectivity index (χ1n) is 8.21. The van der Waals surface area contributed by atoms with Gasteiger partial charge in [0.25, 0.3) is 11.4 Å². The van der Waals surface area contributed by atoms with Crippen molar-refractivity contribution in [3.05, 3.63) is 68.8 Å². The van der Waals surface area contributed by atoms with Gasteiger partial charge in [0.1, 0.15) is 5.71 Å². The van der Waals surface area contributed by atoms with Crippen LogP contribution in [0.25, 0.3) is 0 Å². The van der Waals surface area contributed by atoms with E-state index < -0.39 is 15.8 Å². The van der Waals surface area contributed by atoms with E-state index in [0.29, 0.717) is 11.4 Å². The predicted molar refractivity (Wildman–Crippen MR) is 107 cm³/mol. The number of esters is 1. The fourth-order valence-corrected chi connectivity index (χ4v) is 1.83. The van der Waals surface area contributed by atoms with Crippen LogP contribution in [0.1, 0.15) is 13.8 Å². The number of hydrazone groups is 1. The molecule has 12 heteroatoms. The molecule has 154 valence electrons. The van der Waals surface area contributed by atoms with Crippen molar-refractivity contribution >= 4 is 34.4 Å². The number of carbonyl (C=O) groups is 1. The number of carbonyl (C=O) groups excluding carboxylic acids is 1. The monoisotopic (exact) mass is 404 g/mol. The zero-order valence-corrected chi connectivity index (χ0v) is 15.7. The number of benzene rings is 2. The third-order valence-corrected chi connectivity index (χ3v) is 3.20. The fraction of sp³-hybridized carbons (Fsp3) is 0.176. The van der Waals surface area contributed by atoms with Crippen molar-refractivity contribution in [3.63, 3.8) is 0 Å². The molecule has 0 aliphatic rings. The first-order chi connectivity index (χ1) is 13.8. The summed E-state index contributed by atoms with van der Waals surface area (Å²) in [5, 5.41) is 24.5. The number of nitrogens with one attached hydrogen (secondary N) is 2. The Kier molecular flexibility index (Phi) is 9.20. The number of hydrogen-bond acceptors (Lipinski definition) is 10. The zero-order chi connectivity index (χ0) is 21.8. The van der Waals surface area contributed by atoms with Gasteiger partial charge in [0.15, 0.2) is 0 Å². The smallest absolute Gasteiger partial charge is 0.354 e. The fourth-order valence-electron chi connectivity index (χ4n) is 1.83. The minimum atomic E-state index is -0.532. The lowest BCUT2D eigenvalue weighted by Crippen LogP contribution is -2.15. The summed E-state index contributed by atoms with van der Waals surface area (Å²) in [6.07, 6.45) is 0. The number of nitro benzene ring substituents is 2. The number of nitrogens with two attached hydrogens (primary N) is 1. The quantitative estimate of drug-likeness (QED) is 0.206. The number of non-ortho nitro benzene ring substituents is 2. The molecule has 0 unspecified atom stereocenters. The average molecular weight is 404 g/mol. The second-order valence-corrected chi connectivity index (χ2v) is 5.29. The van der Waals surface area contributed by atoms with Crippen LogP contribution in [0.15, 0.2) is 53.6 Å². The number of nitrogens with zero attached hydrogens (tertiary/aromatic N) is 3. The van der Waals surface area contributed by atoms with Gasteiger partial charge < -0.3 is 10.2 Å². The van der Waals surface area contributed by atoms with Crippen LogP contribution in [-0.4, -0.2) is 28.1 Å². The molecule has 0 radical (unpaired) electrons. The summed E-state index contributed by atoms with van der Waals surface area (Å²) in [6.45, 7) is 3.45. The molecule has 0 spiro atoms. The first-order valence-corrected chi connectivity index (χ1v) is 8.21. The van der Waals surface area contributed by atoms with Gasteiger partial charge in [-0.25, -0.2) is 4.79 Å². The van der Waals surface area contributed by atoms with E-state index in [1.165, 1.54) is 37.3 Å². The van der Waals surface area contributed by atoms with E-state index in [1.807, 2.05) is 0 Å². The Labute approximate surface area is 165 Å². The molecule has 0 atom stereocenters. The minimum Gasteiger partial charge on any atom is -0.461 e. The highest BCUT2D eigenvalue weighted by atomic mass is 16.6. The van der Waals surface area contributed by atoms with Crippen molar-refractivity contribution < 1.29 is 19.4 Å². The van der Waals surface area contributed by atoms with Crippen molar-refractivity contribution in [3.8, 4) is 0 Å². The Morgan fingerprint density at radius 3 is 2.07 bits per heavy atom. The van der Waals surface area contributed by atoms with Gasteiger partial charge in [-0.1, -0.05) is 12.1 Å². The maximum Gasteiger partial charge on any atom is 0.354 e. The van der Waals surface area contributed by atoms with Crippen LogP contribution in [0.5, 0.6) is 0 Å². The standard InChI is InChI=1S/C11H13N3O4.C6H7N3O2/c1-3-18-11(15)8(2)12-13-9-5-4-6-10(7-9)14(16)17;7-8-5-2-1-3-6(4-5)9(10)11/h4-7,13H,3H2,1-2H3;1-4,8H,7H2. The summed E-state index contributed by atoms with van der Waals surface area (Å²) in [5.41, 5.74) is 5.95. The van der Waals surface area contributed by atoms with E-state index >= 15 is 0 Å². The van der Waals surface area contributed by atoms with Crippen molar-refractivity contribution in [1.82, 2.24) is 0 Å². The van der Waals surface area contributed by atoms with Crippen LogP contribution in [-0.2, 0) is 9.53 Å².